The van der Waals surface area contributed by atoms with Crippen molar-refractivity contribution >= 4 is 50.9 Å². The second-order valence-electron chi connectivity index (χ2n) is 5.76. The van der Waals surface area contributed by atoms with Crippen molar-refractivity contribution in [1.29, 1.82) is 0 Å². The number of carbonyl (C=O) groups is 1. The quantitative estimate of drug-likeness (QED) is 0.319. The second-order valence-corrected chi connectivity index (χ2v) is 6.17. The van der Waals surface area contributed by atoms with Crippen molar-refractivity contribution in [3.8, 4) is 0 Å². The van der Waals surface area contributed by atoms with Gasteiger partial charge in [0.05, 0.1) is 37.7 Å². The zero-order chi connectivity index (χ0) is 19.0. The summed E-state index contributed by atoms with van der Waals surface area (Å²) in [6.07, 6.45) is 0. The van der Waals surface area contributed by atoms with Gasteiger partial charge in [-0.2, -0.15) is 0 Å². The van der Waals surface area contributed by atoms with Crippen LogP contribution in [-0.2, 0) is 0 Å². The van der Waals surface area contributed by atoms with E-state index in [9.17, 15) is 14.9 Å². The molecule has 4 aromatic rings. The highest BCUT2D eigenvalue weighted by Gasteiger charge is 2.16. The summed E-state index contributed by atoms with van der Waals surface area (Å²) in [6, 6.07) is 16.4. The summed E-state index contributed by atoms with van der Waals surface area (Å²) in [4.78, 5) is 32.1. The molecular weight excluding hydrogens is 368 g/mol. The molecule has 27 heavy (non-hydrogen) atoms. The predicted molar refractivity (Wildman–Crippen MR) is 103 cm³/mol. The number of benzene rings is 3. The van der Waals surface area contributed by atoms with Gasteiger partial charge in [0.1, 0.15) is 5.52 Å². The lowest BCUT2D eigenvalue weighted by Crippen LogP contribution is -2.13. The molecular formula is C19H11ClN4O3. The monoisotopic (exact) mass is 378 g/mol. The normalized spacial score (nSPS) is 10.9. The Bertz CT molecular complexity index is 1230. The average molecular weight is 379 g/mol. The van der Waals surface area contributed by atoms with Gasteiger partial charge in [0.2, 0.25) is 0 Å². The van der Waals surface area contributed by atoms with Crippen LogP contribution in [0.2, 0.25) is 5.02 Å². The first kappa shape index (κ1) is 16.9. The van der Waals surface area contributed by atoms with Crippen LogP contribution < -0.4 is 5.32 Å². The van der Waals surface area contributed by atoms with E-state index < -0.39 is 10.8 Å². The fourth-order valence-electron chi connectivity index (χ4n) is 2.73. The van der Waals surface area contributed by atoms with E-state index in [-0.39, 0.29) is 16.4 Å². The van der Waals surface area contributed by atoms with Gasteiger partial charge in [-0.1, -0.05) is 29.8 Å². The maximum atomic E-state index is 12.8. The Hall–Kier alpha value is -3.58. The van der Waals surface area contributed by atoms with Crippen molar-refractivity contribution in [1.82, 2.24) is 9.97 Å². The van der Waals surface area contributed by atoms with Crippen LogP contribution in [0.15, 0.2) is 60.7 Å². The third-order valence-corrected chi connectivity index (χ3v) is 4.34. The number of hydrogen-bond donors (Lipinski definition) is 1. The molecule has 0 radical (unpaired) electrons. The van der Waals surface area contributed by atoms with Crippen LogP contribution in [-0.4, -0.2) is 20.8 Å². The number of para-hydroxylation sites is 3. The molecule has 1 heterocycles. The van der Waals surface area contributed by atoms with Gasteiger partial charge in [-0.05, 0) is 30.3 Å². The number of aromatic nitrogens is 2. The molecule has 1 N–H and O–H groups in total. The lowest BCUT2D eigenvalue weighted by Gasteiger charge is -2.09. The fourth-order valence-corrected chi connectivity index (χ4v) is 2.96. The van der Waals surface area contributed by atoms with Gasteiger partial charge >= 0.3 is 0 Å². The van der Waals surface area contributed by atoms with Crippen LogP contribution in [0.25, 0.3) is 22.1 Å². The van der Waals surface area contributed by atoms with E-state index in [1.165, 1.54) is 18.2 Å². The fraction of sp³-hybridized carbons (Fsp3) is 0. The Morgan fingerprint density at radius 3 is 2.37 bits per heavy atom. The number of fused-ring (bicyclic) bond motifs is 2. The Balaban J connectivity index is 1.74. The van der Waals surface area contributed by atoms with Crippen LogP contribution >= 0.6 is 11.6 Å². The number of anilines is 1. The third kappa shape index (κ3) is 3.16. The second kappa shape index (κ2) is 6.62. The van der Waals surface area contributed by atoms with Gasteiger partial charge in [-0.25, -0.2) is 9.97 Å². The van der Waals surface area contributed by atoms with E-state index in [2.05, 4.69) is 15.3 Å². The molecule has 0 saturated heterocycles. The summed E-state index contributed by atoms with van der Waals surface area (Å²) < 4.78 is 0. The molecule has 8 heteroatoms. The number of halogens is 1. The summed E-state index contributed by atoms with van der Waals surface area (Å²) in [5, 5.41) is 13.6. The molecule has 3 aromatic carbocycles. The molecule has 0 bridgehead atoms. The Morgan fingerprint density at radius 1 is 0.963 bits per heavy atom. The Labute approximate surface area is 157 Å². The van der Waals surface area contributed by atoms with Crippen LogP contribution in [0.1, 0.15) is 10.4 Å². The van der Waals surface area contributed by atoms with Gasteiger partial charge in [0.25, 0.3) is 11.6 Å². The number of nitrogens with one attached hydrogen (secondary N) is 1. The summed E-state index contributed by atoms with van der Waals surface area (Å²) >= 11 is 6.05. The van der Waals surface area contributed by atoms with Gasteiger partial charge in [0.15, 0.2) is 0 Å². The van der Waals surface area contributed by atoms with Crippen molar-refractivity contribution in [2.75, 3.05) is 5.32 Å². The van der Waals surface area contributed by atoms with Crippen LogP contribution in [0.3, 0.4) is 0 Å². The number of hydrogen-bond acceptors (Lipinski definition) is 5. The first-order valence-electron chi connectivity index (χ1n) is 7.94. The molecule has 0 unspecified atom stereocenters. The number of carbonyl (C=O) groups excluding carboxylic acids is 1. The number of nitro benzene ring substituents is 1. The average Bonchev–Trinajstić information content (AvgIpc) is 2.67. The lowest BCUT2D eigenvalue weighted by atomic mass is 10.1. The standard InChI is InChI=1S/C19H11ClN4O3/c20-13-10-11(24(26)27)8-9-14(13)23-19(25)12-4-3-7-17-18(12)22-16-6-2-1-5-15(16)21-17/h1-10H,(H,23,25). The van der Waals surface area contributed by atoms with E-state index in [1.807, 2.05) is 24.3 Å². The van der Waals surface area contributed by atoms with E-state index >= 15 is 0 Å². The lowest BCUT2D eigenvalue weighted by molar-refractivity contribution is -0.384. The number of amides is 1. The minimum absolute atomic E-state index is 0.0781. The summed E-state index contributed by atoms with van der Waals surface area (Å²) in [6.45, 7) is 0. The highest BCUT2D eigenvalue weighted by Crippen LogP contribution is 2.28. The molecule has 7 nitrogen and oxygen atoms in total. The van der Waals surface area contributed by atoms with Crippen LogP contribution in [0.4, 0.5) is 11.4 Å². The molecule has 0 aliphatic rings. The molecule has 0 atom stereocenters. The predicted octanol–water partition coefficient (Wildman–Crippen LogP) is 4.60. The Morgan fingerprint density at radius 2 is 1.67 bits per heavy atom. The van der Waals surface area contributed by atoms with Gasteiger partial charge in [-0.15, -0.1) is 0 Å². The molecule has 132 valence electrons. The largest absolute Gasteiger partial charge is 0.321 e. The molecule has 1 amide bonds. The highest BCUT2D eigenvalue weighted by molar-refractivity contribution is 6.34. The Kier molecular flexibility index (Phi) is 4.13. The molecule has 0 saturated carbocycles. The van der Waals surface area contributed by atoms with Gasteiger partial charge in [-0.3, -0.25) is 14.9 Å². The van der Waals surface area contributed by atoms with Gasteiger partial charge in [0, 0.05) is 12.1 Å². The molecule has 0 aliphatic heterocycles. The summed E-state index contributed by atoms with van der Waals surface area (Å²) in [7, 11) is 0. The smallest absolute Gasteiger partial charge is 0.271 e. The summed E-state index contributed by atoms with van der Waals surface area (Å²) in [5.41, 5.74) is 2.93. The van der Waals surface area contributed by atoms with Crippen LogP contribution in [0, 0.1) is 10.1 Å². The highest BCUT2D eigenvalue weighted by atomic mass is 35.5. The maximum Gasteiger partial charge on any atom is 0.271 e. The van der Waals surface area contributed by atoms with E-state index in [1.54, 1.807) is 18.2 Å². The van der Waals surface area contributed by atoms with Crippen molar-refractivity contribution in [2.24, 2.45) is 0 Å². The van der Waals surface area contributed by atoms with Crippen molar-refractivity contribution < 1.29 is 9.72 Å². The van der Waals surface area contributed by atoms with Crippen molar-refractivity contribution in [3.05, 3.63) is 81.4 Å². The number of rotatable bonds is 3. The van der Waals surface area contributed by atoms with E-state index in [4.69, 9.17) is 11.6 Å². The maximum absolute atomic E-state index is 12.8. The van der Waals surface area contributed by atoms with E-state index in [0.717, 1.165) is 5.52 Å². The first-order chi connectivity index (χ1) is 13.0. The zero-order valence-corrected chi connectivity index (χ0v) is 14.5. The van der Waals surface area contributed by atoms with Crippen LogP contribution in [0.5, 0.6) is 0 Å². The van der Waals surface area contributed by atoms with E-state index in [0.29, 0.717) is 22.1 Å². The zero-order valence-electron chi connectivity index (χ0n) is 13.7. The molecule has 4 rings (SSSR count). The molecule has 0 aliphatic carbocycles. The van der Waals surface area contributed by atoms with Gasteiger partial charge < -0.3 is 5.32 Å². The molecule has 0 spiro atoms. The number of non-ortho nitro benzene ring substituents is 1. The number of nitrogens with zero attached hydrogens (tertiary/aromatic N) is 3. The molecule has 0 fully saturated rings. The molecule has 1 aromatic heterocycles. The minimum Gasteiger partial charge on any atom is -0.321 e. The SMILES string of the molecule is O=C(Nc1ccc([N+](=O)[O-])cc1Cl)c1cccc2nc3ccccc3nc12. The van der Waals surface area contributed by atoms with Crippen molar-refractivity contribution in [3.63, 3.8) is 0 Å². The first-order valence-corrected chi connectivity index (χ1v) is 8.31. The topological polar surface area (TPSA) is 98.0 Å². The number of nitro groups is 1. The third-order valence-electron chi connectivity index (χ3n) is 4.03. The summed E-state index contributed by atoms with van der Waals surface area (Å²) in [5.74, 6) is -0.430. The minimum atomic E-state index is -0.553. The van der Waals surface area contributed by atoms with Crippen molar-refractivity contribution in [2.45, 2.75) is 0 Å².